The lowest BCUT2D eigenvalue weighted by Gasteiger charge is -2.18. The van der Waals surface area contributed by atoms with Gasteiger partial charge in [0.05, 0.1) is 0 Å². The molecule has 1 aliphatic heterocycles. The predicted molar refractivity (Wildman–Crippen MR) is 42.3 cm³/mol. The molecule has 64 valence electrons. The van der Waals surface area contributed by atoms with Crippen molar-refractivity contribution in [2.45, 2.75) is 25.9 Å². The summed E-state index contributed by atoms with van der Waals surface area (Å²) in [6.07, 6.45) is 2.01. The highest BCUT2D eigenvalue weighted by Crippen LogP contribution is 2.09. The molecular formula is C8H15NO2. The third-order valence-corrected chi connectivity index (χ3v) is 2.12. The van der Waals surface area contributed by atoms with Gasteiger partial charge in [0.25, 0.3) is 5.91 Å². The molecule has 11 heavy (non-hydrogen) atoms. The van der Waals surface area contributed by atoms with Crippen LogP contribution in [-0.4, -0.2) is 37.1 Å². The van der Waals surface area contributed by atoms with Gasteiger partial charge in [0, 0.05) is 20.2 Å². The molecule has 1 rings (SSSR count). The summed E-state index contributed by atoms with van der Waals surface area (Å²) in [6.45, 7) is 3.61. The van der Waals surface area contributed by atoms with Gasteiger partial charge in [-0.15, -0.1) is 0 Å². The van der Waals surface area contributed by atoms with Gasteiger partial charge in [0.2, 0.25) is 0 Å². The number of carbonyl (C=O) groups excluding carboxylic acids is 1. The number of carbonyl (C=O) groups is 1. The minimum Gasteiger partial charge on any atom is -0.372 e. The van der Waals surface area contributed by atoms with Crippen molar-refractivity contribution in [2.75, 3.05) is 20.2 Å². The molecule has 0 radical (unpaired) electrons. The molecule has 0 aromatic heterocycles. The molecule has 1 aliphatic rings. The van der Waals surface area contributed by atoms with Crippen molar-refractivity contribution < 1.29 is 9.53 Å². The zero-order valence-corrected chi connectivity index (χ0v) is 7.17. The van der Waals surface area contributed by atoms with E-state index in [1.165, 1.54) is 0 Å². The van der Waals surface area contributed by atoms with Gasteiger partial charge in [-0.25, -0.2) is 0 Å². The lowest BCUT2D eigenvalue weighted by molar-refractivity contribution is -0.139. The summed E-state index contributed by atoms with van der Waals surface area (Å²) < 4.78 is 4.93. The molecule has 1 heterocycles. The first-order valence-electron chi connectivity index (χ1n) is 4.07. The number of hydrogen-bond donors (Lipinski definition) is 0. The van der Waals surface area contributed by atoms with Gasteiger partial charge in [-0.1, -0.05) is 0 Å². The van der Waals surface area contributed by atoms with Gasteiger partial charge < -0.3 is 9.64 Å². The predicted octanol–water partition coefficient (Wildman–Crippen LogP) is 0.644. The Bertz CT molecular complexity index is 141. The number of hydrogen-bond acceptors (Lipinski definition) is 2. The number of ether oxygens (including phenoxy) is 1. The van der Waals surface area contributed by atoms with E-state index >= 15 is 0 Å². The second kappa shape index (κ2) is 3.72. The van der Waals surface area contributed by atoms with E-state index in [1.807, 2.05) is 4.90 Å². The van der Waals surface area contributed by atoms with E-state index < -0.39 is 0 Å². The Hall–Kier alpha value is -0.570. The summed E-state index contributed by atoms with van der Waals surface area (Å²) in [7, 11) is 1.57. The summed E-state index contributed by atoms with van der Waals surface area (Å²) in [5.41, 5.74) is 0. The fourth-order valence-electron chi connectivity index (χ4n) is 1.30. The zero-order valence-electron chi connectivity index (χ0n) is 7.17. The minimum absolute atomic E-state index is 0.130. The van der Waals surface area contributed by atoms with E-state index in [2.05, 4.69) is 0 Å². The van der Waals surface area contributed by atoms with Crippen LogP contribution in [0, 0.1) is 0 Å². The lowest BCUT2D eigenvalue weighted by Crippen LogP contribution is -2.36. The highest BCUT2D eigenvalue weighted by Gasteiger charge is 2.22. The van der Waals surface area contributed by atoms with E-state index in [-0.39, 0.29) is 12.0 Å². The molecule has 1 fully saturated rings. The topological polar surface area (TPSA) is 29.5 Å². The number of nitrogens with zero attached hydrogens (tertiary/aromatic N) is 1. The Morgan fingerprint density at radius 3 is 2.45 bits per heavy atom. The SMILES string of the molecule is COC(C)C(=O)N1CCCC1. The van der Waals surface area contributed by atoms with Gasteiger partial charge in [0.1, 0.15) is 6.10 Å². The lowest BCUT2D eigenvalue weighted by atomic mass is 10.3. The highest BCUT2D eigenvalue weighted by molar-refractivity contribution is 5.80. The van der Waals surface area contributed by atoms with Crippen LogP contribution in [-0.2, 0) is 9.53 Å². The fourth-order valence-corrected chi connectivity index (χ4v) is 1.30. The van der Waals surface area contributed by atoms with Crippen LogP contribution in [0.4, 0.5) is 0 Å². The van der Waals surface area contributed by atoms with Gasteiger partial charge in [-0.05, 0) is 19.8 Å². The van der Waals surface area contributed by atoms with Crippen LogP contribution in [0.15, 0.2) is 0 Å². The van der Waals surface area contributed by atoms with E-state index in [0.717, 1.165) is 25.9 Å². The zero-order chi connectivity index (χ0) is 8.27. The van der Waals surface area contributed by atoms with E-state index in [4.69, 9.17) is 4.74 Å². The maximum absolute atomic E-state index is 11.4. The largest absolute Gasteiger partial charge is 0.372 e. The van der Waals surface area contributed by atoms with Crippen LogP contribution in [0.1, 0.15) is 19.8 Å². The van der Waals surface area contributed by atoms with Crippen LogP contribution < -0.4 is 0 Å². The minimum atomic E-state index is -0.270. The van der Waals surface area contributed by atoms with Crippen molar-refractivity contribution in [3.63, 3.8) is 0 Å². The molecule has 1 atom stereocenters. The Morgan fingerprint density at radius 1 is 1.45 bits per heavy atom. The summed E-state index contributed by atoms with van der Waals surface area (Å²) in [5.74, 6) is 0.130. The molecule has 1 saturated heterocycles. The summed E-state index contributed by atoms with van der Waals surface area (Å²) in [5, 5.41) is 0. The molecule has 1 unspecified atom stereocenters. The molecule has 0 aromatic carbocycles. The third kappa shape index (κ3) is 1.93. The normalized spacial score (nSPS) is 20.4. The van der Waals surface area contributed by atoms with Crippen LogP contribution in [0.3, 0.4) is 0 Å². The quantitative estimate of drug-likeness (QED) is 0.589. The number of likely N-dealkylation sites (tertiary alicyclic amines) is 1. The number of rotatable bonds is 2. The smallest absolute Gasteiger partial charge is 0.251 e. The van der Waals surface area contributed by atoms with E-state index in [1.54, 1.807) is 14.0 Å². The monoisotopic (exact) mass is 157 g/mol. The van der Waals surface area contributed by atoms with Crippen molar-refractivity contribution in [3.8, 4) is 0 Å². The van der Waals surface area contributed by atoms with Crippen LogP contribution >= 0.6 is 0 Å². The average Bonchev–Trinajstić information content (AvgIpc) is 2.53. The molecule has 0 N–H and O–H groups in total. The van der Waals surface area contributed by atoms with Crippen molar-refractivity contribution in [2.24, 2.45) is 0 Å². The number of methoxy groups -OCH3 is 1. The standard InChI is InChI=1S/C8H15NO2/c1-7(11-2)8(10)9-5-3-4-6-9/h7H,3-6H2,1-2H3. The first-order chi connectivity index (χ1) is 5.25. The number of amides is 1. The second-order valence-electron chi connectivity index (χ2n) is 2.91. The van der Waals surface area contributed by atoms with Gasteiger partial charge >= 0.3 is 0 Å². The Kier molecular flexibility index (Phi) is 2.88. The van der Waals surface area contributed by atoms with Crippen molar-refractivity contribution in [1.82, 2.24) is 4.90 Å². The molecule has 0 bridgehead atoms. The molecule has 1 amide bonds. The molecule has 0 aromatic rings. The van der Waals surface area contributed by atoms with Crippen molar-refractivity contribution in [3.05, 3.63) is 0 Å². The van der Waals surface area contributed by atoms with Crippen LogP contribution in [0.5, 0.6) is 0 Å². The second-order valence-corrected chi connectivity index (χ2v) is 2.91. The first-order valence-corrected chi connectivity index (χ1v) is 4.07. The summed E-state index contributed by atoms with van der Waals surface area (Å²) in [4.78, 5) is 13.2. The van der Waals surface area contributed by atoms with Gasteiger partial charge in [0.15, 0.2) is 0 Å². The molecular weight excluding hydrogens is 142 g/mol. The van der Waals surface area contributed by atoms with E-state index in [0.29, 0.717) is 0 Å². The average molecular weight is 157 g/mol. The van der Waals surface area contributed by atoms with Gasteiger partial charge in [-0.2, -0.15) is 0 Å². The molecule has 0 aliphatic carbocycles. The molecule has 3 nitrogen and oxygen atoms in total. The highest BCUT2D eigenvalue weighted by atomic mass is 16.5. The maximum atomic E-state index is 11.4. The Morgan fingerprint density at radius 2 is 2.00 bits per heavy atom. The van der Waals surface area contributed by atoms with Crippen LogP contribution in [0.25, 0.3) is 0 Å². The fraction of sp³-hybridized carbons (Fsp3) is 0.875. The summed E-state index contributed by atoms with van der Waals surface area (Å²) in [6, 6.07) is 0. The maximum Gasteiger partial charge on any atom is 0.251 e. The van der Waals surface area contributed by atoms with Gasteiger partial charge in [-0.3, -0.25) is 4.79 Å². The van der Waals surface area contributed by atoms with Crippen LogP contribution in [0.2, 0.25) is 0 Å². The molecule has 3 heteroatoms. The molecule has 0 saturated carbocycles. The third-order valence-electron chi connectivity index (χ3n) is 2.12. The van der Waals surface area contributed by atoms with Crippen molar-refractivity contribution >= 4 is 5.91 Å². The first kappa shape index (κ1) is 8.53. The Balaban J connectivity index is 2.39. The Labute approximate surface area is 67.3 Å². The van der Waals surface area contributed by atoms with E-state index in [9.17, 15) is 4.79 Å². The molecule has 0 spiro atoms. The summed E-state index contributed by atoms with van der Waals surface area (Å²) >= 11 is 0. The van der Waals surface area contributed by atoms with Crippen molar-refractivity contribution in [1.29, 1.82) is 0 Å².